The lowest BCUT2D eigenvalue weighted by molar-refractivity contribution is 0.0800. The summed E-state index contributed by atoms with van der Waals surface area (Å²) in [5.41, 5.74) is 5.66. The van der Waals surface area contributed by atoms with Crippen LogP contribution < -0.4 is 0 Å². The summed E-state index contributed by atoms with van der Waals surface area (Å²) in [7, 11) is 0. The van der Waals surface area contributed by atoms with Crippen LogP contribution >= 0.6 is 0 Å². The molecular formula is C21H24N2O. The highest BCUT2D eigenvalue weighted by molar-refractivity contribution is 5.97. The first-order valence-electron chi connectivity index (χ1n) is 8.84. The zero-order valence-electron chi connectivity index (χ0n) is 14.5. The van der Waals surface area contributed by atoms with Crippen molar-refractivity contribution in [2.45, 2.75) is 33.2 Å². The maximum atomic E-state index is 13.0. The van der Waals surface area contributed by atoms with E-state index in [0.717, 1.165) is 23.7 Å². The fourth-order valence-electron chi connectivity index (χ4n) is 3.60. The molecule has 4 rings (SSSR count). The molecule has 0 N–H and O–H groups in total. The van der Waals surface area contributed by atoms with Crippen LogP contribution in [0.5, 0.6) is 0 Å². The molecular weight excluding hydrogens is 296 g/mol. The van der Waals surface area contributed by atoms with E-state index in [1.165, 1.54) is 29.7 Å². The zero-order chi connectivity index (χ0) is 16.7. The number of carbonyl (C=O) groups excluding carboxylic acids is 1. The minimum absolute atomic E-state index is 0.160. The number of hydrogen-bond donors (Lipinski definition) is 0. The van der Waals surface area contributed by atoms with Crippen molar-refractivity contribution >= 4 is 11.5 Å². The Morgan fingerprint density at radius 3 is 2.62 bits per heavy atom. The fourth-order valence-corrected chi connectivity index (χ4v) is 3.60. The van der Waals surface area contributed by atoms with Gasteiger partial charge in [-0.15, -0.1) is 0 Å². The topological polar surface area (TPSA) is 25.2 Å². The second-order valence-electron chi connectivity index (χ2n) is 7.12. The molecule has 1 amide bonds. The Bertz CT molecular complexity index is 797. The molecule has 24 heavy (non-hydrogen) atoms. The first-order valence-corrected chi connectivity index (χ1v) is 8.84. The summed E-state index contributed by atoms with van der Waals surface area (Å²) in [5, 5.41) is 0. The second kappa shape index (κ2) is 5.97. The van der Waals surface area contributed by atoms with Gasteiger partial charge in [0.2, 0.25) is 0 Å². The van der Waals surface area contributed by atoms with Crippen LogP contribution in [-0.4, -0.2) is 28.5 Å². The molecule has 0 atom stereocenters. The van der Waals surface area contributed by atoms with Gasteiger partial charge in [0.05, 0.1) is 5.56 Å². The predicted molar refractivity (Wildman–Crippen MR) is 97.0 cm³/mol. The summed E-state index contributed by atoms with van der Waals surface area (Å²) in [6.45, 7) is 6.68. The molecule has 2 heterocycles. The van der Waals surface area contributed by atoms with Gasteiger partial charge in [-0.05, 0) is 49.8 Å². The van der Waals surface area contributed by atoms with Crippen molar-refractivity contribution in [1.82, 2.24) is 9.47 Å². The summed E-state index contributed by atoms with van der Waals surface area (Å²) in [6, 6.07) is 12.4. The van der Waals surface area contributed by atoms with Gasteiger partial charge in [-0.2, -0.15) is 0 Å². The van der Waals surface area contributed by atoms with Crippen LogP contribution in [0, 0.1) is 19.8 Å². The number of nitrogens with zero attached hydrogens (tertiary/aromatic N) is 2. The van der Waals surface area contributed by atoms with Gasteiger partial charge in [0.15, 0.2) is 0 Å². The molecule has 2 aliphatic rings. The highest BCUT2D eigenvalue weighted by Crippen LogP contribution is 2.32. The highest BCUT2D eigenvalue weighted by Gasteiger charge is 2.27. The molecule has 3 heteroatoms. The number of rotatable bonds is 4. The van der Waals surface area contributed by atoms with Crippen molar-refractivity contribution in [1.29, 1.82) is 0 Å². The van der Waals surface area contributed by atoms with Crippen molar-refractivity contribution in [2.75, 3.05) is 13.1 Å². The lowest BCUT2D eigenvalue weighted by Crippen LogP contribution is -2.29. The summed E-state index contributed by atoms with van der Waals surface area (Å²) >= 11 is 0. The Kier molecular flexibility index (Phi) is 3.79. The van der Waals surface area contributed by atoms with Gasteiger partial charge in [-0.3, -0.25) is 4.79 Å². The van der Waals surface area contributed by atoms with Gasteiger partial charge in [-0.25, -0.2) is 0 Å². The third kappa shape index (κ3) is 2.79. The average Bonchev–Trinajstić information content (AvgIpc) is 3.21. The van der Waals surface area contributed by atoms with Crippen LogP contribution in [0.1, 0.15) is 40.2 Å². The molecule has 1 aliphatic carbocycles. The molecule has 2 aromatic rings. The monoisotopic (exact) mass is 320 g/mol. The molecule has 1 saturated carbocycles. The zero-order valence-corrected chi connectivity index (χ0v) is 14.5. The number of benzene rings is 1. The summed E-state index contributed by atoms with van der Waals surface area (Å²) in [4.78, 5) is 14.9. The van der Waals surface area contributed by atoms with Crippen molar-refractivity contribution in [3.63, 3.8) is 0 Å². The standard InChI is InChI=1S/C21H24N2O/c1-15-12-20(16(2)23(15)13-17-8-9-17)21(24)22-11-10-19(14-22)18-6-4-3-5-7-18/h3-7,10,12,17H,8-9,11,13-14H2,1-2H3. The molecule has 1 fully saturated rings. The Morgan fingerprint density at radius 1 is 1.17 bits per heavy atom. The van der Waals surface area contributed by atoms with Crippen LogP contribution in [0.2, 0.25) is 0 Å². The van der Waals surface area contributed by atoms with Gasteiger partial charge in [-0.1, -0.05) is 36.4 Å². The van der Waals surface area contributed by atoms with E-state index in [0.29, 0.717) is 13.1 Å². The van der Waals surface area contributed by atoms with Crippen molar-refractivity contribution in [3.05, 3.63) is 65.0 Å². The van der Waals surface area contributed by atoms with Gasteiger partial charge in [0.1, 0.15) is 0 Å². The summed E-state index contributed by atoms with van der Waals surface area (Å²) in [6.07, 6.45) is 4.84. The van der Waals surface area contributed by atoms with Crippen LogP contribution in [0.15, 0.2) is 42.5 Å². The molecule has 124 valence electrons. The smallest absolute Gasteiger partial charge is 0.256 e. The molecule has 1 aromatic carbocycles. The van der Waals surface area contributed by atoms with Crippen molar-refractivity contribution < 1.29 is 4.79 Å². The van der Waals surface area contributed by atoms with E-state index in [1.54, 1.807) is 0 Å². The van der Waals surface area contributed by atoms with E-state index < -0.39 is 0 Å². The minimum atomic E-state index is 0.160. The Morgan fingerprint density at radius 2 is 1.92 bits per heavy atom. The number of aromatic nitrogens is 1. The third-order valence-corrected chi connectivity index (χ3v) is 5.29. The van der Waals surface area contributed by atoms with Crippen molar-refractivity contribution in [3.8, 4) is 0 Å². The van der Waals surface area contributed by atoms with Gasteiger partial charge >= 0.3 is 0 Å². The van der Waals surface area contributed by atoms with E-state index in [4.69, 9.17) is 0 Å². The normalized spacial score (nSPS) is 17.2. The molecule has 0 bridgehead atoms. The summed E-state index contributed by atoms with van der Waals surface area (Å²) < 4.78 is 2.33. The lowest BCUT2D eigenvalue weighted by Gasteiger charge is -2.17. The molecule has 0 unspecified atom stereocenters. The molecule has 1 aromatic heterocycles. The minimum Gasteiger partial charge on any atom is -0.348 e. The van der Waals surface area contributed by atoms with Gasteiger partial charge < -0.3 is 9.47 Å². The Balaban J connectivity index is 1.51. The molecule has 0 radical (unpaired) electrons. The highest BCUT2D eigenvalue weighted by atomic mass is 16.2. The maximum absolute atomic E-state index is 13.0. The first kappa shape index (κ1) is 15.3. The van der Waals surface area contributed by atoms with E-state index in [-0.39, 0.29) is 5.91 Å². The van der Waals surface area contributed by atoms with E-state index in [1.807, 2.05) is 23.1 Å². The van der Waals surface area contributed by atoms with Crippen LogP contribution in [0.25, 0.3) is 5.57 Å². The quantitative estimate of drug-likeness (QED) is 0.834. The lowest BCUT2D eigenvalue weighted by atomic mass is 10.1. The number of amides is 1. The van der Waals surface area contributed by atoms with Crippen LogP contribution in [0.3, 0.4) is 0 Å². The fraction of sp³-hybridized carbons (Fsp3) is 0.381. The average molecular weight is 320 g/mol. The van der Waals surface area contributed by atoms with Crippen LogP contribution in [0.4, 0.5) is 0 Å². The van der Waals surface area contributed by atoms with Crippen LogP contribution in [-0.2, 0) is 6.54 Å². The van der Waals surface area contributed by atoms with E-state index >= 15 is 0 Å². The SMILES string of the molecule is Cc1cc(C(=O)N2CC=C(c3ccccc3)C2)c(C)n1CC1CC1. The third-order valence-electron chi connectivity index (χ3n) is 5.29. The number of carbonyl (C=O) groups is 1. The molecule has 3 nitrogen and oxygen atoms in total. The first-order chi connectivity index (χ1) is 11.6. The Labute approximate surface area is 143 Å². The number of hydrogen-bond acceptors (Lipinski definition) is 1. The summed E-state index contributed by atoms with van der Waals surface area (Å²) in [5.74, 6) is 0.975. The number of aryl methyl sites for hydroxylation is 1. The van der Waals surface area contributed by atoms with Gasteiger partial charge in [0.25, 0.3) is 5.91 Å². The molecule has 0 saturated heterocycles. The van der Waals surface area contributed by atoms with E-state index in [9.17, 15) is 4.79 Å². The Hall–Kier alpha value is -2.29. The predicted octanol–water partition coefficient (Wildman–Crippen LogP) is 4.05. The molecule has 0 spiro atoms. The second-order valence-corrected chi connectivity index (χ2v) is 7.12. The molecule has 1 aliphatic heterocycles. The van der Waals surface area contributed by atoms with Gasteiger partial charge in [0, 0.05) is 31.0 Å². The largest absolute Gasteiger partial charge is 0.348 e. The van der Waals surface area contributed by atoms with E-state index in [2.05, 4.69) is 42.7 Å². The maximum Gasteiger partial charge on any atom is 0.256 e. The van der Waals surface area contributed by atoms with Crippen molar-refractivity contribution in [2.24, 2.45) is 5.92 Å².